The summed E-state index contributed by atoms with van der Waals surface area (Å²) in [5.74, 6) is 0. The zero-order chi connectivity index (χ0) is 9.10. The van der Waals surface area contributed by atoms with Crippen molar-refractivity contribution < 1.29 is 0 Å². The quantitative estimate of drug-likeness (QED) is 0.730. The Bertz CT molecular complexity index is 401. The predicted molar refractivity (Wildman–Crippen MR) is 57.8 cm³/mol. The lowest BCUT2D eigenvalue weighted by atomic mass is 10.1. The third-order valence-electron chi connectivity index (χ3n) is 2.11. The van der Waals surface area contributed by atoms with E-state index in [9.17, 15) is 0 Å². The zero-order valence-electron chi connectivity index (χ0n) is 7.46. The highest BCUT2D eigenvalue weighted by atomic mass is 14.8. The van der Waals surface area contributed by atoms with Gasteiger partial charge in [-0.15, -0.1) is 0 Å². The third-order valence-corrected chi connectivity index (χ3v) is 2.11. The number of fused-ring (bicyclic) bond motifs is 1. The molecule has 13 heavy (non-hydrogen) atoms. The van der Waals surface area contributed by atoms with Gasteiger partial charge in [0, 0.05) is 17.6 Å². The Morgan fingerprint density at radius 1 is 1.00 bits per heavy atom. The summed E-state index contributed by atoms with van der Waals surface area (Å²) >= 11 is 0. The Hall–Kier alpha value is -1.50. The summed E-state index contributed by atoms with van der Waals surface area (Å²) in [4.78, 5) is 0. The van der Waals surface area contributed by atoms with Crippen LogP contribution in [0.5, 0.6) is 0 Å². The highest BCUT2D eigenvalue weighted by Crippen LogP contribution is 2.22. The topological polar surface area (TPSA) is 12.0 Å². The monoisotopic (exact) mass is 170 g/mol. The molecule has 0 amide bonds. The number of anilines is 1. The first-order valence-electron chi connectivity index (χ1n) is 4.42. The molecule has 2 aromatic rings. The van der Waals surface area contributed by atoms with Crippen LogP contribution in [0.3, 0.4) is 0 Å². The van der Waals surface area contributed by atoms with Gasteiger partial charge < -0.3 is 5.32 Å². The maximum atomic E-state index is 3.78. The summed E-state index contributed by atoms with van der Waals surface area (Å²) in [6.45, 7) is 4.49. The third kappa shape index (κ3) is 1.50. The Labute approximate surface area is 78.4 Å². The van der Waals surface area contributed by atoms with Crippen LogP contribution in [0.4, 0.5) is 5.69 Å². The molecule has 0 aliphatic rings. The maximum Gasteiger partial charge on any atom is 0.0419 e. The fraction of sp³-hybridized carbons (Fsp3) is 0.0833. The van der Waals surface area contributed by atoms with Crippen LogP contribution in [-0.4, -0.2) is 6.54 Å². The minimum atomic E-state index is 0.716. The van der Waals surface area contributed by atoms with E-state index >= 15 is 0 Å². The van der Waals surface area contributed by atoms with Crippen molar-refractivity contribution in [2.24, 2.45) is 0 Å². The molecule has 0 bridgehead atoms. The van der Waals surface area contributed by atoms with Crippen molar-refractivity contribution in [2.45, 2.75) is 0 Å². The van der Waals surface area contributed by atoms with Gasteiger partial charge in [-0.1, -0.05) is 36.4 Å². The number of hydrogen-bond acceptors (Lipinski definition) is 1. The van der Waals surface area contributed by atoms with Crippen molar-refractivity contribution in [1.82, 2.24) is 0 Å². The van der Waals surface area contributed by atoms with Gasteiger partial charge in [-0.2, -0.15) is 0 Å². The Morgan fingerprint density at radius 3 is 2.62 bits per heavy atom. The fourth-order valence-electron chi connectivity index (χ4n) is 1.51. The zero-order valence-corrected chi connectivity index (χ0v) is 7.46. The molecule has 2 rings (SSSR count). The summed E-state index contributed by atoms with van der Waals surface area (Å²) in [5, 5.41) is 5.76. The second-order valence-electron chi connectivity index (χ2n) is 2.95. The summed E-state index contributed by atoms with van der Waals surface area (Å²) in [7, 11) is 0. The SMILES string of the molecule is [CH2]CNc1cccc2ccccc12. The van der Waals surface area contributed by atoms with E-state index < -0.39 is 0 Å². The van der Waals surface area contributed by atoms with Gasteiger partial charge in [-0.25, -0.2) is 0 Å². The molecule has 2 aromatic carbocycles. The minimum Gasteiger partial charge on any atom is -0.385 e. The lowest BCUT2D eigenvalue weighted by molar-refractivity contribution is 1.35. The summed E-state index contributed by atoms with van der Waals surface area (Å²) < 4.78 is 0. The van der Waals surface area contributed by atoms with Crippen LogP contribution in [0, 0.1) is 6.92 Å². The molecule has 65 valence electrons. The van der Waals surface area contributed by atoms with Gasteiger partial charge in [0.2, 0.25) is 0 Å². The van der Waals surface area contributed by atoms with E-state index in [4.69, 9.17) is 0 Å². The molecule has 0 saturated heterocycles. The van der Waals surface area contributed by atoms with Crippen LogP contribution in [-0.2, 0) is 0 Å². The van der Waals surface area contributed by atoms with Crippen LogP contribution < -0.4 is 5.32 Å². The molecule has 0 saturated carbocycles. The van der Waals surface area contributed by atoms with Crippen LogP contribution in [0.15, 0.2) is 42.5 Å². The van der Waals surface area contributed by atoms with Crippen LogP contribution in [0.1, 0.15) is 0 Å². The first kappa shape index (κ1) is 8.11. The Morgan fingerprint density at radius 2 is 1.77 bits per heavy atom. The van der Waals surface area contributed by atoms with E-state index in [-0.39, 0.29) is 0 Å². The fourth-order valence-corrected chi connectivity index (χ4v) is 1.51. The van der Waals surface area contributed by atoms with E-state index in [0.29, 0.717) is 6.54 Å². The van der Waals surface area contributed by atoms with E-state index in [0.717, 1.165) is 5.69 Å². The first-order valence-corrected chi connectivity index (χ1v) is 4.42. The molecule has 0 heterocycles. The molecule has 0 spiro atoms. The highest BCUT2D eigenvalue weighted by molar-refractivity contribution is 5.93. The van der Waals surface area contributed by atoms with E-state index in [1.54, 1.807) is 0 Å². The summed E-state index contributed by atoms with van der Waals surface area (Å²) in [5.41, 5.74) is 1.16. The smallest absolute Gasteiger partial charge is 0.0419 e. The van der Waals surface area contributed by atoms with Gasteiger partial charge in [-0.3, -0.25) is 0 Å². The number of rotatable bonds is 2. The molecule has 1 nitrogen and oxygen atoms in total. The molecule has 1 N–H and O–H groups in total. The lowest BCUT2D eigenvalue weighted by Gasteiger charge is -2.06. The van der Waals surface area contributed by atoms with Gasteiger partial charge in [0.05, 0.1) is 0 Å². The predicted octanol–water partition coefficient (Wildman–Crippen LogP) is 3.09. The van der Waals surface area contributed by atoms with Gasteiger partial charge >= 0.3 is 0 Å². The van der Waals surface area contributed by atoms with Gasteiger partial charge in [0.15, 0.2) is 0 Å². The first-order chi connectivity index (χ1) is 6.42. The normalized spacial score (nSPS) is 10.2. The second-order valence-corrected chi connectivity index (χ2v) is 2.95. The molecule has 0 unspecified atom stereocenters. The minimum absolute atomic E-state index is 0.716. The molecule has 0 aromatic heterocycles. The number of hydrogen-bond donors (Lipinski definition) is 1. The van der Waals surface area contributed by atoms with Gasteiger partial charge in [0.25, 0.3) is 0 Å². The van der Waals surface area contributed by atoms with Crippen LogP contribution >= 0.6 is 0 Å². The van der Waals surface area contributed by atoms with Crippen molar-refractivity contribution >= 4 is 16.5 Å². The van der Waals surface area contributed by atoms with Crippen molar-refractivity contribution in [1.29, 1.82) is 0 Å². The van der Waals surface area contributed by atoms with Crippen molar-refractivity contribution in [2.75, 3.05) is 11.9 Å². The standard InChI is InChI=1S/C12H12N/c1-2-13-12-9-5-7-10-6-3-4-8-11(10)12/h3-9,13H,1-2H2. The largest absolute Gasteiger partial charge is 0.385 e. The van der Waals surface area contributed by atoms with Crippen molar-refractivity contribution in [3.63, 3.8) is 0 Å². The van der Waals surface area contributed by atoms with E-state index in [2.05, 4.69) is 54.7 Å². The van der Waals surface area contributed by atoms with Gasteiger partial charge in [-0.05, 0) is 18.4 Å². The molecule has 0 aliphatic carbocycles. The van der Waals surface area contributed by atoms with E-state index in [1.165, 1.54) is 10.8 Å². The van der Waals surface area contributed by atoms with Gasteiger partial charge in [0.1, 0.15) is 0 Å². The molecular weight excluding hydrogens is 158 g/mol. The Balaban J connectivity index is 2.61. The van der Waals surface area contributed by atoms with Crippen molar-refractivity contribution in [3.05, 3.63) is 49.4 Å². The molecule has 0 aliphatic heterocycles. The average molecular weight is 170 g/mol. The molecule has 1 radical (unpaired) electrons. The molecule has 1 heteroatoms. The van der Waals surface area contributed by atoms with Crippen molar-refractivity contribution in [3.8, 4) is 0 Å². The Kier molecular flexibility index (Phi) is 2.17. The maximum absolute atomic E-state index is 3.78. The second kappa shape index (κ2) is 3.48. The highest BCUT2D eigenvalue weighted by Gasteiger charge is 1.96. The summed E-state index contributed by atoms with van der Waals surface area (Å²) in [6.07, 6.45) is 0. The van der Waals surface area contributed by atoms with E-state index in [1.807, 2.05) is 0 Å². The summed E-state index contributed by atoms with van der Waals surface area (Å²) in [6, 6.07) is 14.6. The number of benzene rings is 2. The molecular formula is C12H12N. The van der Waals surface area contributed by atoms with Crippen LogP contribution in [0.2, 0.25) is 0 Å². The lowest BCUT2D eigenvalue weighted by Crippen LogP contribution is -1.96. The molecule has 0 fully saturated rings. The number of nitrogens with one attached hydrogen (secondary N) is 1. The van der Waals surface area contributed by atoms with Crippen LogP contribution in [0.25, 0.3) is 10.8 Å². The average Bonchev–Trinajstić information content (AvgIpc) is 2.19. The molecule has 0 atom stereocenters.